The molecule has 0 radical (unpaired) electrons. The number of allylic oxidation sites excluding steroid dienone is 2. The van der Waals surface area contributed by atoms with Crippen LogP contribution in [0.25, 0.3) is 0 Å². The number of fused-ring (bicyclic) bond motifs is 5. The van der Waals surface area contributed by atoms with Crippen LogP contribution in [0.15, 0.2) is 11.6 Å². The fourth-order valence-electron chi connectivity index (χ4n) is 11.0. The molecular formula is C42H69NO10. The summed E-state index contributed by atoms with van der Waals surface area (Å²) in [7, 11) is 7.36. The zero-order chi connectivity index (χ0) is 38.0. The molecule has 3 aliphatic carbocycles. The minimum atomic E-state index is -0.812. The molecule has 17 atom stereocenters. The van der Waals surface area contributed by atoms with Crippen LogP contribution in [0.2, 0.25) is 0 Å². The quantitative estimate of drug-likeness (QED) is 0.272. The maximum atomic E-state index is 14.7. The minimum absolute atomic E-state index is 0.0394. The Morgan fingerprint density at radius 2 is 1.66 bits per heavy atom. The molecule has 2 saturated carbocycles. The number of unbranched alkanes of at least 4 members (excludes halogenated alkanes) is 1. The zero-order valence-electron chi connectivity index (χ0n) is 33.7. The summed E-state index contributed by atoms with van der Waals surface area (Å²) in [5.41, 5.74) is 0.806. The topological polar surface area (TPSA) is 122 Å². The highest BCUT2D eigenvalue weighted by atomic mass is 16.7. The van der Waals surface area contributed by atoms with Gasteiger partial charge in [0.15, 0.2) is 18.4 Å². The maximum absolute atomic E-state index is 14.7. The minimum Gasteiger partial charge on any atom is -0.462 e. The largest absolute Gasteiger partial charge is 0.462 e. The van der Waals surface area contributed by atoms with Gasteiger partial charge in [0.05, 0.1) is 30.8 Å². The third-order valence-corrected chi connectivity index (χ3v) is 13.9. The van der Waals surface area contributed by atoms with E-state index in [1.54, 1.807) is 14.2 Å². The fraction of sp³-hybridized carbons (Fsp3) is 0.905. The molecule has 1 N–H and O–H groups in total. The predicted molar refractivity (Wildman–Crippen MR) is 199 cm³/mol. The Morgan fingerprint density at radius 3 is 2.36 bits per heavy atom. The Labute approximate surface area is 318 Å². The number of hydrogen-bond acceptors (Lipinski definition) is 11. The molecule has 0 aromatic carbocycles. The van der Waals surface area contributed by atoms with Gasteiger partial charge in [0.25, 0.3) is 0 Å². The molecule has 0 spiro atoms. The molecule has 3 saturated heterocycles. The summed E-state index contributed by atoms with van der Waals surface area (Å²) in [6.07, 6.45) is 9.53. The third-order valence-electron chi connectivity index (χ3n) is 13.9. The number of Topliss-reactive ketones (excluding diaryl/α,β-unsaturated/α-hetero) is 1. The van der Waals surface area contributed by atoms with Crippen LogP contribution in [0.5, 0.6) is 0 Å². The molecule has 0 aromatic rings. The van der Waals surface area contributed by atoms with E-state index in [1.165, 1.54) is 0 Å². The first-order chi connectivity index (χ1) is 25.4. The van der Waals surface area contributed by atoms with Crippen molar-refractivity contribution in [3.8, 4) is 0 Å². The van der Waals surface area contributed by atoms with Gasteiger partial charge in [0.2, 0.25) is 0 Å². The van der Waals surface area contributed by atoms with Crippen molar-refractivity contribution in [2.45, 2.75) is 179 Å². The Bertz CT molecular complexity index is 1260. The molecule has 5 fully saturated rings. The number of ether oxygens (including phenoxy) is 7. The first kappa shape index (κ1) is 41.2. The van der Waals surface area contributed by atoms with E-state index in [0.29, 0.717) is 17.9 Å². The van der Waals surface area contributed by atoms with Crippen LogP contribution in [0.4, 0.5) is 0 Å². The number of nitrogens with zero attached hydrogens (tertiary/aromatic N) is 1. The fourth-order valence-corrected chi connectivity index (χ4v) is 11.0. The van der Waals surface area contributed by atoms with E-state index in [9.17, 15) is 14.7 Å². The second-order valence-corrected chi connectivity index (χ2v) is 17.4. The van der Waals surface area contributed by atoms with Gasteiger partial charge >= 0.3 is 5.97 Å². The molecule has 302 valence electrons. The van der Waals surface area contributed by atoms with Gasteiger partial charge in [0.1, 0.15) is 24.4 Å². The Kier molecular flexibility index (Phi) is 14.2. The number of aliphatic hydroxyl groups is 1. The average Bonchev–Trinajstić information content (AvgIpc) is 3.71. The highest BCUT2D eigenvalue weighted by Gasteiger charge is 2.54. The lowest BCUT2D eigenvalue weighted by Gasteiger charge is -2.43. The average molecular weight is 748 g/mol. The molecular weight excluding hydrogens is 678 g/mol. The summed E-state index contributed by atoms with van der Waals surface area (Å²) < 4.78 is 43.6. The van der Waals surface area contributed by atoms with Crippen LogP contribution in [-0.4, -0.2) is 118 Å². The van der Waals surface area contributed by atoms with Gasteiger partial charge in [-0.25, -0.2) is 0 Å². The summed E-state index contributed by atoms with van der Waals surface area (Å²) in [6.45, 7) is 8.15. The summed E-state index contributed by atoms with van der Waals surface area (Å²) >= 11 is 0. The highest BCUT2D eigenvalue weighted by Crippen LogP contribution is 2.57. The molecule has 0 bridgehead atoms. The monoisotopic (exact) mass is 747 g/mol. The Balaban J connectivity index is 1.21. The molecule has 53 heavy (non-hydrogen) atoms. The van der Waals surface area contributed by atoms with Crippen LogP contribution < -0.4 is 0 Å². The first-order valence-corrected chi connectivity index (χ1v) is 20.9. The summed E-state index contributed by atoms with van der Waals surface area (Å²) in [5, 5.41) is 10.7. The molecule has 6 aliphatic rings. The predicted octanol–water partition coefficient (Wildman–Crippen LogP) is 5.84. The number of likely N-dealkylation sites (N-methyl/N-ethyl adjacent to an activating group) is 1. The van der Waals surface area contributed by atoms with Crippen LogP contribution >= 0.6 is 0 Å². The Hall–Kier alpha value is -1.44. The van der Waals surface area contributed by atoms with Gasteiger partial charge in [-0.1, -0.05) is 32.8 Å². The molecule has 6 rings (SSSR count). The second kappa shape index (κ2) is 18.2. The number of rotatable bonds is 10. The van der Waals surface area contributed by atoms with Crippen molar-refractivity contribution in [3.63, 3.8) is 0 Å². The van der Waals surface area contributed by atoms with Crippen molar-refractivity contribution in [2.75, 3.05) is 28.3 Å². The van der Waals surface area contributed by atoms with E-state index in [2.05, 4.69) is 38.9 Å². The molecule has 11 nitrogen and oxygen atoms in total. The molecule has 3 heterocycles. The standard InChI is InChI=1S/C42H69NO10/c1-9-10-12-27-13-11-14-35(53-37-18-17-34(43(5)6)24(3)49-37)23(2)38(45)33-21-31-29(32(33)22-36(44)51-27)16-15-26-19-28(20-30(26)31)52-42-41(48-8)40(47-7)39(46)25(4)50-42/h21,23-32,34-35,37,39-42,46H,9-20,22H2,1-8H3/t23-,24-,25+,26?,27+,28-,29?,30?,31?,32?,34+,35+,37+,39+,40-,41-,42+/m1/s1. The van der Waals surface area contributed by atoms with Crippen molar-refractivity contribution in [3.05, 3.63) is 11.6 Å². The van der Waals surface area contributed by atoms with Crippen molar-refractivity contribution < 1.29 is 47.9 Å². The van der Waals surface area contributed by atoms with Crippen molar-refractivity contribution >= 4 is 11.8 Å². The van der Waals surface area contributed by atoms with Gasteiger partial charge < -0.3 is 43.2 Å². The highest BCUT2D eigenvalue weighted by molar-refractivity contribution is 5.99. The van der Waals surface area contributed by atoms with E-state index < -0.39 is 30.7 Å². The van der Waals surface area contributed by atoms with Crippen molar-refractivity contribution in [1.29, 1.82) is 0 Å². The molecule has 11 heteroatoms. The number of cyclic esters (lactones) is 1. The van der Waals surface area contributed by atoms with Gasteiger partial charge in [-0.2, -0.15) is 0 Å². The first-order valence-electron chi connectivity index (χ1n) is 20.9. The molecule has 0 aromatic heterocycles. The Morgan fingerprint density at radius 1 is 0.887 bits per heavy atom. The molecule has 0 amide bonds. The number of aliphatic hydroxyl groups excluding tert-OH is 1. The summed E-state index contributed by atoms with van der Waals surface area (Å²) in [6, 6.07) is 0.340. The zero-order valence-corrected chi connectivity index (χ0v) is 33.7. The molecule has 5 unspecified atom stereocenters. The van der Waals surface area contributed by atoms with E-state index >= 15 is 0 Å². The van der Waals surface area contributed by atoms with E-state index in [1.807, 2.05) is 13.8 Å². The number of esters is 1. The maximum Gasteiger partial charge on any atom is 0.306 e. The van der Waals surface area contributed by atoms with Crippen LogP contribution in [0.3, 0.4) is 0 Å². The SMILES string of the molecule is CCCC[C@H]1CCC[C@H](O[C@H]2CC[C@H](N(C)C)[C@@H](C)O2)[C@@H](C)C(=O)C2=CC3C4C[C@H](O[C@@H]5O[C@@H](C)[C@H](O)[C@@H](OC)[C@H]5OC)CC4CCC3C2CC(=O)O1. The number of ketones is 1. The van der Waals surface area contributed by atoms with E-state index in [0.717, 1.165) is 82.6 Å². The van der Waals surface area contributed by atoms with Gasteiger partial charge in [-0.3, -0.25) is 9.59 Å². The lowest BCUT2D eigenvalue weighted by Crippen LogP contribution is -2.59. The van der Waals surface area contributed by atoms with Crippen LogP contribution in [0, 0.1) is 35.5 Å². The number of carbonyl (C=O) groups is 2. The summed E-state index contributed by atoms with van der Waals surface area (Å²) in [5.74, 6) is 0.619. The van der Waals surface area contributed by atoms with Gasteiger partial charge in [-0.15, -0.1) is 0 Å². The van der Waals surface area contributed by atoms with Gasteiger partial charge in [-0.05, 0) is 121 Å². The van der Waals surface area contributed by atoms with Crippen LogP contribution in [-0.2, 0) is 42.7 Å². The summed E-state index contributed by atoms with van der Waals surface area (Å²) in [4.78, 5) is 30.6. The number of carbonyl (C=O) groups excluding carboxylic acids is 2. The van der Waals surface area contributed by atoms with E-state index in [-0.39, 0.29) is 72.6 Å². The lowest BCUT2D eigenvalue weighted by molar-refractivity contribution is -0.311. The molecule has 3 aliphatic heterocycles. The van der Waals surface area contributed by atoms with E-state index in [4.69, 9.17) is 33.2 Å². The number of methoxy groups -OCH3 is 2. The lowest BCUT2D eigenvalue weighted by atomic mass is 9.66. The normalized spacial score (nSPS) is 45.4. The van der Waals surface area contributed by atoms with Crippen LogP contribution in [0.1, 0.15) is 111 Å². The third kappa shape index (κ3) is 9.08. The smallest absolute Gasteiger partial charge is 0.306 e. The number of hydrogen-bond donors (Lipinski definition) is 1. The second-order valence-electron chi connectivity index (χ2n) is 17.4. The van der Waals surface area contributed by atoms with Crippen molar-refractivity contribution in [2.24, 2.45) is 35.5 Å². The van der Waals surface area contributed by atoms with Crippen molar-refractivity contribution in [1.82, 2.24) is 4.90 Å². The van der Waals surface area contributed by atoms with Gasteiger partial charge in [0, 0.05) is 32.1 Å².